The summed E-state index contributed by atoms with van der Waals surface area (Å²) in [5, 5.41) is 4.32. The molecule has 0 saturated carbocycles. The number of hydrogen-bond donors (Lipinski definition) is 0. The van der Waals surface area contributed by atoms with E-state index in [0.717, 1.165) is 17.0 Å². The highest BCUT2D eigenvalue weighted by molar-refractivity contribution is 5.63. The van der Waals surface area contributed by atoms with E-state index < -0.39 is 0 Å². The number of aryl methyl sites for hydroxylation is 2. The number of hydrogen-bond acceptors (Lipinski definition) is 5. The van der Waals surface area contributed by atoms with Gasteiger partial charge in [-0.1, -0.05) is 0 Å². The Balaban J connectivity index is 2.22. The molecule has 3 aromatic rings. The largest absolute Gasteiger partial charge is 0.482 e. The van der Waals surface area contributed by atoms with Crippen LogP contribution in [0.25, 0.3) is 17.0 Å². The summed E-state index contributed by atoms with van der Waals surface area (Å²) in [4.78, 5) is 8.82. The van der Waals surface area contributed by atoms with Crippen molar-refractivity contribution in [1.82, 2.24) is 24.1 Å². The molecule has 104 valence electrons. The Morgan fingerprint density at radius 2 is 1.90 bits per heavy atom. The van der Waals surface area contributed by atoms with Crippen LogP contribution >= 0.6 is 0 Å². The van der Waals surface area contributed by atoms with Crippen LogP contribution in [0.4, 0.5) is 0 Å². The molecule has 0 unspecified atom stereocenters. The summed E-state index contributed by atoms with van der Waals surface area (Å²) >= 11 is 0. The monoisotopic (exact) mass is 273 g/mol. The Kier molecular flexibility index (Phi) is 2.81. The van der Waals surface area contributed by atoms with E-state index in [1.807, 2.05) is 26.4 Å². The maximum Gasteiger partial charge on any atom is 0.240 e. The average molecular weight is 273 g/mol. The lowest BCUT2D eigenvalue weighted by atomic mass is 10.2. The molecule has 0 N–H and O–H groups in total. The summed E-state index contributed by atoms with van der Waals surface area (Å²) in [7, 11) is 5.05. The number of methoxy groups -OCH3 is 2. The molecule has 0 spiro atoms. The molecule has 7 nitrogen and oxygen atoms in total. The quantitative estimate of drug-likeness (QED) is 0.722. The fraction of sp³-hybridized carbons (Fsp3) is 0.308. The maximum absolute atomic E-state index is 5.34. The first-order valence-electron chi connectivity index (χ1n) is 6.11. The molecule has 0 amide bonds. The van der Waals surface area contributed by atoms with Crippen LogP contribution in [0.1, 0.15) is 5.69 Å². The average Bonchev–Trinajstić information content (AvgIpc) is 2.99. The predicted molar refractivity (Wildman–Crippen MR) is 73.0 cm³/mol. The van der Waals surface area contributed by atoms with Gasteiger partial charge in [-0.15, -0.1) is 0 Å². The smallest absolute Gasteiger partial charge is 0.240 e. The Morgan fingerprint density at radius 1 is 1.10 bits per heavy atom. The number of imidazole rings is 1. The van der Waals surface area contributed by atoms with E-state index in [9.17, 15) is 0 Å². The number of ether oxygens (including phenoxy) is 2. The minimum Gasteiger partial charge on any atom is -0.482 e. The van der Waals surface area contributed by atoms with E-state index in [2.05, 4.69) is 15.1 Å². The van der Waals surface area contributed by atoms with Crippen LogP contribution in [0.5, 0.6) is 11.8 Å². The summed E-state index contributed by atoms with van der Waals surface area (Å²) in [5.41, 5.74) is 2.69. The molecule has 3 aromatic heterocycles. The fourth-order valence-corrected chi connectivity index (χ4v) is 2.16. The molecule has 0 bridgehead atoms. The van der Waals surface area contributed by atoms with Crippen LogP contribution in [-0.4, -0.2) is 38.4 Å². The van der Waals surface area contributed by atoms with Gasteiger partial charge in [-0.3, -0.25) is 9.08 Å². The lowest BCUT2D eigenvalue weighted by Crippen LogP contribution is -1.97. The number of nitrogens with zero attached hydrogens (tertiary/aromatic N) is 5. The topological polar surface area (TPSA) is 66.5 Å². The highest BCUT2D eigenvalue weighted by Crippen LogP contribution is 2.25. The standard InChI is InChI=1S/C13H15N5O2/c1-8-9(6-17(2)16-8)10-7-18-12(20-4)5-11(19-3)15-13(18)14-10/h5-7H,1-4H3. The lowest BCUT2D eigenvalue weighted by molar-refractivity contribution is 0.369. The zero-order chi connectivity index (χ0) is 14.3. The van der Waals surface area contributed by atoms with Crippen LogP contribution in [-0.2, 0) is 7.05 Å². The Bertz CT molecular complexity index is 775. The van der Waals surface area contributed by atoms with Gasteiger partial charge in [0.1, 0.15) is 0 Å². The molecule has 3 heterocycles. The molecule has 0 aliphatic heterocycles. The second-order valence-corrected chi connectivity index (χ2v) is 4.44. The van der Waals surface area contributed by atoms with Gasteiger partial charge < -0.3 is 9.47 Å². The number of fused-ring (bicyclic) bond motifs is 1. The maximum atomic E-state index is 5.34. The van der Waals surface area contributed by atoms with Crippen molar-refractivity contribution in [3.05, 3.63) is 24.2 Å². The van der Waals surface area contributed by atoms with Crippen molar-refractivity contribution in [1.29, 1.82) is 0 Å². The van der Waals surface area contributed by atoms with E-state index in [1.165, 1.54) is 0 Å². The minimum atomic E-state index is 0.467. The van der Waals surface area contributed by atoms with Crippen LogP contribution in [0.2, 0.25) is 0 Å². The summed E-state index contributed by atoms with van der Waals surface area (Å²) in [6.07, 6.45) is 3.81. The molecule has 0 fully saturated rings. The highest BCUT2D eigenvalue weighted by atomic mass is 16.5. The van der Waals surface area contributed by atoms with Crippen molar-refractivity contribution in [3.63, 3.8) is 0 Å². The first-order valence-corrected chi connectivity index (χ1v) is 6.11. The highest BCUT2D eigenvalue weighted by Gasteiger charge is 2.14. The van der Waals surface area contributed by atoms with E-state index in [0.29, 0.717) is 17.5 Å². The molecule has 0 aliphatic carbocycles. The van der Waals surface area contributed by atoms with Crippen LogP contribution < -0.4 is 9.47 Å². The Labute approximate surface area is 115 Å². The molecule has 0 atom stereocenters. The van der Waals surface area contributed by atoms with Gasteiger partial charge in [0.15, 0.2) is 0 Å². The first-order chi connectivity index (χ1) is 9.62. The molecule has 7 heteroatoms. The van der Waals surface area contributed by atoms with Crippen molar-refractivity contribution in [2.45, 2.75) is 6.92 Å². The van der Waals surface area contributed by atoms with Gasteiger partial charge in [-0.2, -0.15) is 10.1 Å². The van der Waals surface area contributed by atoms with Gasteiger partial charge >= 0.3 is 0 Å². The van der Waals surface area contributed by atoms with Crippen molar-refractivity contribution >= 4 is 5.78 Å². The minimum absolute atomic E-state index is 0.467. The van der Waals surface area contributed by atoms with Gasteiger partial charge in [0.2, 0.25) is 17.5 Å². The molecule has 0 aromatic carbocycles. The molecule has 0 saturated heterocycles. The third-order valence-electron chi connectivity index (χ3n) is 3.09. The van der Waals surface area contributed by atoms with Crippen molar-refractivity contribution in [2.75, 3.05) is 14.2 Å². The van der Waals surface area contributed by atoms with E-state index >= 15 is 0 Å². The van der Waals surface area contributed by atoms with Gasteiger partial charge in [0.25, 0.3) is 0 Å². The summed E-state index contributed by atoms with van der Waals surface area (Å²) in [6.45, 7) is 1.95. The zero-order valence-corrected chi connectivity index (χ0v) is 11.8. The van der Waals surface area contributed by atoms with Gasteiger partial charge in [0, 0.05) is 25.0 Å². The normalized spacial score (nSPS) is 11.0. The fourth-order valence-electron chi connectivity index (χ4n) is 2.16. The molecule has 0 radical (unpaired) electrons. The lowest BCUT2D eigenvalue weighted by Gasteiger charge is -2.04. The van der Waals surface area contributed by atoms with Crippen LogP contribution in [0, 0.1) is 6.92 Å². The second-order valence-electron chi connectivity index (χ2n) is 4.44. The number of aromatic nitrogens is 5. The molecule has 3 rings (SSSR count). The van der Waals surface area contributed by atoms with Gasteiger partial charge in [0.05, 0.1) is 31.7 Å². The molecular weight excluding hydrogens is 258 g/mol. The molecule has 0 aliphatic rings. The Morgan fingerprint density at radius 3 is 2.50 bits per heavy atom. The van der Waals surface area contributed by atoms with Crippen molar-refractivity contribution in [2.24, 2.45) is 7.05 Å². The third kappa shape index (κ3) is 1.87. The SMILES string of the molecule is COc1cc(OC)n2cc(-c3cn(C)nc3C)nc2n1. The van der Waals surface area contributed by atoms with Gasteiger partial charge in [-0.05, 0) is 6.92 Å². The first kappa shape index (κ1) is 12.5. The summed E-state index contributed by atoms with van der Waals surface area (Å²) < 4.78 is 14.0. The predicted octanol–water partition coefficient (Wildman–Crippen LogP) is 1.46. The molecular formula is C13H15N5O2. The second kappa shape index (κ2) is 4.52. The molecule has 20 heavy (non-hydrogen) atoms. The summed E-state index contributed by atoms with van der Waals surface area (Å²) in [6, 6.07) is 1.72. The van der Waals surface area contributed by atoms with Crippen molar-refractivity contribution < 1.29 is 9.47 Å². The number of rotatable bonds is 3. The van der Waals surface area contributed by atoms with E-state index in [-0.39, 0.29) is 0 Å². The van der Waals surface area contributed by atoms with E-state index in [1.54, 1.807) is 29.4 Å². The zero-order valence-electron chi connectivity index (χ0n) is 11.8. The summed E-state index contributed by atoms with van der Waals surface area (Å²) in [5.74, 6) is 1.61. The Hall–Kier alpha value is -2.57. The van der Waals surface area contributed by atoms with Crippen LogP contribution in [0.3, 0.4) is 0 Å². The van der Waals surface area contributed by atoms with E-state index in [4.69, 9.17) is 9.47 Å². The third-order valence-corrected chi connectivity index (χ3v) is 3.09. The van der Waals surface area contributed by atoms with Gasteiger partial charge in [-0.25, -0.2) is 4.98 Å². The van der Waals surface area contributed by atoms with Crippen LogP contribution in [0.15, 0.2) is 18.5 Å². The van der Waals surface area contributed by atoms with Crippen molar-refractivity contribution in [3.8, 4) is 23.0 Å².